The van der Waals surface area contributed by atoms with Crippen molar-refractivity contribution in [2.75, 3.05) is 26.2 Å². The lowest BCUT2D eigenvalue weighted by Gasteiger charge is -2.42. The maximum atomic E-state index is 12.6. The van der Waals surface area contributed by atoms with Gasteiger partial charge in [-0.3, -0.25) is 9.69 Å². The molecule has 2 rings (SSSR count). The largest absolute Gasteiger partial charge is 0.340 e. The van der Waals surface area contributed by atoms with E-state index in [9.17, 15) is 4.79 Å². The lowest BCUT2D eigenvalue weighted by Crippen LogP contribution is -2.55. The number of piperazine rings is 1. The lowest BCUT2D eigenvalue weighted by atomic mass is 9.78. The van der Waals surface area contributed by atoms with Gasteiger partial charge in [-0.05, 0) is 38.6 Å². The van der Waals surface area contributed by atoms with Crippen molar-refractivity contribution in [2.45, 2.75) is 52.1 Å². The molecule has 1 heterocycles. The second-order valence-electron chi connectivity index (χ2n) is 6.41. The molecule has 0 bridgehead atoms. The highest BCUT2D eigenvalue weighted by molar-refractivity contribution is 5.79. The van der Waals surface area contributed by atoms with Crippen LogP contribution in [-0.2, 0) is 4.79 Å². The number of carbonyl (C=O) groups is 1. The predicted octanol–water partition coefficient (Wildman–Crippen LogP) is 1.30. The minimum atomic E-state index is 0.218. The molecule has 1 saturated carbocycles. The molecule has 2 aliphatic rings. The summed E-state index contributed by atoms with van der Waals surface area (Å²) in [5.41, 5.74) is 6.05. The monoisotopic (exact) mass is 267 g/mol. The van der Waals surface area contributed by atoms with Crippen LogP contribution >= 0.6 is 0 Å². The van der Waals surface area contributed by atoms with Crippen LogP contribution in [0, 0.1) is 11.8 Å². The zero-order chi connectivity index (χ0) is 14.0. The van der Waals surface area contributed by atoms with Gasteiger partial charge in [-0.15, -0.1) is 0 Å². The fourth-order valence-electron chi connectivity index (χ4n) is 3.57. The fourth-order valence-corrected chi connectivity index (χ4v) is 3.57. The van der Waals surface area contributed by atoms with Crippen LogP contribution in [0.1, 0.15) is 40.0 Å². The smallest absolute Gasteiger partial charge is 0.225 e. The SMILES string of the molecule is CCN1CCN(C(=O)C2CCC(N)C(C)C2)CC1C. The van der Waals surface area contributed by atoms with Crippen molar-refractivity contribution in [1.82, 2.24) is 9.80 Å². The van der Waals surface area contributed by atoms with Crippen LogP contribution in [0.4, 0.5) is 0 Å². The Labute approximate surface area is 117 Å². The third kappa shape index (κ3) is 3.29. The summed E-state index contributed by atoms with van der Waals surface area (Å²) in [6.07, 6.45) is 2.96. The van der Waals surface area contributed by atoms with Gasteiger partial charge in [-0.2, -0.15) is 0 Å². The maximum Gasteiger partial charge on any atom is 0.225 e. The number of nitrogens with zero attached hydrogens (tertiary/aromatic N) is 2. The molecule has 19 heavy (non-hydrogen) atoms. The number of likely N-dealkylation sites (N-methyl/N-ethyl adjacent to an activating group) is 1. The first-order chi connectivity index (χ1) is 9.02. The Hall–Kier alpha value is -0.610. The molecule has 0 aromatic heterocycles. The van der Waals surface area contributed by atoms with Crippen molar-refractivity contribution < 1.29 is 4.79 Å². The summed E-state index contributed by atoms with van der Waals surface area (Å²) in [5, 5.41) is 0. The molecule has 4 unspecified atom stereocenters. The van der Waals surface area contributed by atoms with Gasteiger partial charge in [0, 0.05) is 37.6 Å². The van der Waals surface area contributed by atoms with Crippen molar-refractivity contribution in [3.8, 4) is 0 Å². The highest BCUT2D eigenvalue weighted by atomic mass is 16.2. The average Bonchev–Trinajstić information content (AvgIpc) is 2.41. The Bertz CT molecular complexity index is 321. The van der Waals surface area contributed by atoms with Gasteiger partial charge in [0.2, 0.25) is 5.91 Å². The van der Waals surface area contributed by atoms with Crippen molar-refractivity contribution >= 4 is 5.91 Å². The molecule has 0 radical (unpaired) electrons. The van der Waals surface area contributed by atoms with E-state index < -0.39 is 0 Å². The highest BCUT2D eigenvalue weighted by Crippen LogP contribution is 2.30. The van der Waals surface area contributed by atoms with Gasteiger partial charge < -0.3 is 10.6 Å². The molecule has 2 fully saturated rings. The van der Waals surface area contributed by atoms with Crippen LogP contribution in [0.25, 0.3) is 0 Å². The summed E-state index contributed by atoms with van der Waals surface area (Å²) < 4.78 is 0. The van der Waals surface area contributed by atoms with Crippen molar-refractivity contribution in [2.24, 2.45) is 17.6 Å². The molecule has 1 aliphatic carbocycles. The third-order valence-electron chi connectivity index (χ3n) is 5.07. The van der Waals surface area contributed by atoms with E-state index in [0.717, 1.165) is 45.4 Å². The molecule has 4 nitrogen and oxygen atoms in total. The Kier molecular flexibility index (Phi) is 4.85. The van der Waals surface area contributed by atoms with E-state index in [2.05, 4.69) is 30.6 Å². The average molecular weight is 267 g/mol. The molecule has 110 valence electrons. The molecule has 1 aliphatic heterocycles. The second-order valence-corrected chi connectivity index (χ2v) is 6.41. The summed E-state index contributed by atoms with van der Waals surface area (Å²) >= 11 is 0. The van der Waals surface area contributed by atoms with E-state index >= 15 is 0 Å². The molecule has 4 atom stereocenters. The van der Waals surface area contributed by atoms with Crippen LogP contribution in [0.3, 0.4) is 0 Å². The van der Waals surface area contributed by atoms with Gasteiger partial charge in [0.25, 0.3) is 0 Å². The summed E-state index contributed by atoms with van der Waals surface area (Å²) in [6.45, 7) is 10.5. The quantitative estimate of drug-likeness (QED) is 0.820. The van der Waals surface area contributed by atoms with E-state index in [0.29, 0.717) is 23.9 Å². The molecule has 2 N–H and O–H groups in total. The summed E-state index contributed by atoms with van der Waals surface area (Å²) in [7, 11) is 0. The Balaban J connectivity index is 1.90. The topological polar surface area (TPSA) is 49.6 Å². The van der Waals surface area contributed by atoms with E-state index in [-0.39, 0.29) is 5.92 Å². The van der Waals surface area contributed by atoms with Gasteiger partial charge in [-0.1, -0.05) is 13.8 Å². The lowest BCUT2D eigenvalue weighted by molar-refractivity contribution is -0.140. The van der Waals surface area contributed by atoms with Crippen molar-refractivity contribution in [1.29, 1.82) is 0 Å². The fraction of sp³-hybridized carbons (Fsp3) is 0.933. The van der Waals surface area contributed by atoms with Gasteiger partial charge in [0.05, 0.1) is 0 Å². The summed E-state index contributed by atoms with van der Waals surface area (Å²) in [4.78, 5) is 17.1. The Morgan fingerprint density at radius 3 is 2.58 bits per heavy atom. The second kappa shape index (κ2) is 6.23. The number of amides is 1. The van der Waals surface area contributed by atoms with Crippen molar-refractivity contribution in [3.63, 3.8) is 0 Å². The van der Waals surface area contributed by atoms with Gasteiger partial charge >= 0.3 is 0 Å². The van der Waals surface area contributed by atoms with Crippen LogP contribution in [-0.4, -0.2) is 54.0 Å². The molecule has 0 aromatic carbocycles. The minimum Gasteiger partial charge on any atom is -0.340 e. The summed E-state index contributed by atoms with van der Waals surface area (Å²) in [5.74, 6) is 1.08. The normalized spacial score (nSPS) is 37.4. The maximum absolute atomic E-state index is 12.6. The van der Waals surface area contributed by atoms with E-state index in [4.69, 9.17) is 5.73 Å². The zero-order valence-corrected chi connectivity index (χ0v) is 12.6. The summed E-state index contributed by atoms with van der Waals surface area (Å²) in [6, 6.07) is 0.783. The molecule has 0 aromatic rings. The van der Waals surface area contributed by atoms with Crippen LogP contribution in [0.5, 0.6) is 0 Å². The van der Waals surface area contributed by atoms with Gasteiger partial charge in [0.1, 0.15) is 0 Å². The molecule has 4 heteroatoms. The Morgan fingerprint density at radius 1 is 1.26 bits per heavy atom. The molecule has 1 saturated heterocycles. The number of hydrogen-bond acceptors (Lipinski definition) is 3. The minimum absolute atomic E-state index is 0.218. The number of hydrogen-bond donors (Lipinski definition) is 1. The first-order valence-corrected chi connectivity index (χ1v) is 7.81. The van der Waals surface area contributed by atoms with Crippen LogP contribution in [0.15, 0.2) is 0 Å². The number of carbonyl (C=O) groups excluding carboxylic acids is 1. The van der Waals surface area contributed by atoms with E-state index in [1.54, 1.807) is 0 Å². The van der Waals surface area contributed by atoms with Crippen molar-refractivity contribution in [3.05, 3.63) is 0 Å². The molecule has 1 amide bonds. The first-order valence-electron chi connectivity index (χ1n) is 7.81. The molecular weight excluding hydrogens is 238 g/mol. The predicted molar refractivity (Wildman–Crippen MR) is 77.8 cm³/mol. The van der Waals surface area contributed by atoms with Crippen LogP contribution in [0.2, 0.25) is 0 Å². The van der Waals surface area contributed by atoms with Gasteiger partial charge in [0.15, 0.2) is 0 Å². The standard InChI is InChI=1S/C15H29N3O/c1-4-17-7-8-18(10-12(17)3)15(19)13-5-6-14(16)11(2)9-13/h11-14H,4-10,16H2,1-3H3. The molecular formula is C15H29N3O. The van der Waals surface area contributed by atoms with Gasteiger partial charge in [-0.25, -0.2) is 0 Å². The molecule has 0 spiro atoms. The zero-order valence-electron chi connectivity index (χ0n) is 12.6. The third-order valence-corrected chi connectivity index (χ3v) is 5.07. The first kappa shape index (κ1) is 14.8. The Morgan fingerprint density at radius 2 is 2.00 bits per heavy atom. The number of nitrogens with two attached hydrogens (primary N) is 1. The van der Waals surface area contributed by atoms with Crippen LogP contribution < -0.4 is 5.73 Å². The van der Waals surface area contributed by atoms with E-state index in [1.807, 2.05) is 0 Å². The van der Waals surface area contributed by atoms with E-state index in [1.165, 1.54) is 0 Å². The highest BCUT2D eigenvalue weighted by Gasteiger charge is 2.34. The number of rotatable bonds is 2.